The first-order chi connectivity index (χ1) is 12.0. The zero-order valence-corrected chi connectivity index (χ0v) is 15.5. The van der Waals surface area contributed by atoms with Crippen LogP contribution in [0, 0.1) is 12.3 Å². The molecular formula is C22H26N2O. The molecule has 2 aromatic heterocycles. The Kier molecular flexibility index (Phi) is 3.12. The highest BCUT2D eigenvalue weighted by Crippen LogP contribution is 2.56. The van der Waals surface area contributed by atoms with Gasteiger partial charge in [-0.2, -0.15) is 0 Å². The van der Waals surface area contributed by atoms with E-state index in [0.717, 1.165) is 16.7 Å². The van der Waals surface area contributed by atoms with Gasteiger partial charge in [-0.05, 0) is 63.3 Å². The number of furan rings is 1. The summed E-state index contributed by atoms with van der Waals surface area (Å²) in [7, 11) is 0. The second-order valence-corrected chi connectivity index (χ2v) is 8.54. The maximum atomic E-state index is 6.32. The van der Waals surface area contributed by atoms with Crippen molar-refractivity contribution >= 4 is 22.1 Å². The first-order valence-corrected chi connectivity index (χ1v) is 9.52. The van der Waals surface area contributed by atoms with Crippen LogP contribution in [-0.2, 0) is 0 Å². The molecule has 5 atom stereocenters. The first-order valence-electron chi connectivity index (χ1n) is 9.52. The van der Waals surface area contributed by atoms with E-state index in [4.69, 9.17) is 4.42 Å². The Hall–Kier alpha value is -1.87. The molecule has 3 aromatic rings. The van der Waals surface area contributed by atoms with Crippen molar-refractivity contribution < 1.29 is 4.42 Å². The average molecular weight is 334 g/mol. The van der Waals surface area contributed by atoms with E-state index in [1.54, 1.807) is 0 Å². The normalized spacial score (nSPS) is 34.9. The molecule has 3 heteroatoms. The molecule has 5 unspecified atom stereocenters. The SMILES string of the molecule is Cc1ccc2c(oc3ncccc32)c1C1C(C)N2CCC1(C)CC2C. The minimum atomic E-state index is 0.346. The number of fused-ring (bicyclic) bond motifs is 6. The van der Waals surface area contributed by atoms with Gasteiger partial charge in [-0.15, -0.1) is 0 Å². The summed E-state index contributed by atoms with van der Waals surface area (Å²) in [6, 6.07) is 9.83. The number of pyridine rings is 1. The Labute approximate surface area is 149 Å². The fourth-order valence-electron chi connectivity index (χ4n) is 5.93. The molecule has 3 fully saturated rings. The quantitative estimate of drug-likeness (QED) is 0.607. The van der Waals surface area contributed by atoms with Gasteiger partial charge in [0.25, 0.3) is 0 Å². The van der Waals surface area contributed by atoms with E-state index in [9.17, 15) is 0 Å². The lowest BCUT2D eigenvalue weighted by Crippen LogP contribution is -2.60. The Balaban J connectivity index is 1.79. The molecule has 6 rings (SSSR count). The number of benzene rings is 1. The van der Waals surface area contributed by atoms with Crippen LogP contribution in [0.25, 0.3) is 22.1 Å². The molecule has 2 bridgehead atoms. The summed E-state index contributed by atoms with van der Waals surface area (Å²) in [5.74, 6) is 0.515. The topological polar surface area (TPSA) is 29.3 Å². The molecule has 0 spiro atoms. The van der Waals surface area contributed by atoms with Crippen molar-refractivity contribution in [3.63, 3.8) is 0 Å². The van der Waals surface area contributed by atoms with Crippen molar-refractivity contribution in [2.24, 2.45) is 5.41 Å². The highest BCUT2D eigenvalue weighted by Gasteiger charge is 2.52. The third-order valence-corrected chi connectivity index (χ3v) is 7.01. The van der Waals surface area contributed by atoms with E-state index in [0.29, 0.717) is 23.4 Å². The Bertz CT molecular complexity index is 975. The van der Waals surface area contributed by atoms with Crippen molar-refractivity contribution in [3.8, 4) is 0 Å². The van der Waals surface area contributed by atoms with Gasteiger partial charge in [0.1, 0.15) is 5.58 Å². The van der Waals surface area contributed by atoms with Gasteiger partial charge in [0, 0.05) is 40.5 Å². The smallest absolute Gasteiger partial charge is 0.227 e. The second kappa shape index (κ2) is 5.07. The summed E-state index contributed by atoms with van der Waals surface area (Å²) < 4.78 is 6.32. The van der Waals surface area contributed by atoms with Gasteiger partial charge < -0.3 is 4.42 Å². The molecule has 3 saturated heterocycles. The van der Waals surface area contributed by atoms with Crippen LogP contribution in [0.4, 0.5) is 0 Å². The molecule has 1 aromatic carbocycles. The van der Waals surface area contributed by atoms with Crippen molar-refractivity contribution in [1.29, 1.82) is 0 Å². The molecule has 25 heavy (non-hydrogen) atoms. The number of aromatic nitrogens is 1. The van der Waals surface area contributed by atoms with Gasteiger partial charge in [-0.1, -0.05) is 19.1 Å². The largest absolute Gasteiger partial charge is 0.437 e. The molecule has 5 heterocycles. The van der Waals surface area contributed by atoms with Crippen LogP contribution in [0.1, 0.15) is 50.7 Å². The van der Waals surface area contributed by atoms with Crippen LogP contribution in [-0.4, -0.2) is 28.5 Å². The lowest BCUT2D eigenvalue weighted by Gasteiger charge is -2.59. The van der Waals surface area contributed by atoms with Crippen molar-refractivity contribution in [1.82, 2.24) is 9.88 Å². The lowest BCUT2D eigenvalue weighted by molar-refractivity contribution is -0.0622. The highest BCUT2D eigenvalue weighted by molar-refractivity contribution is 6.05. The number of piperidine rings is 3. The number of rotatable bonds is 1. The maximum absolute atomic E-state index is 6.32. The molecular weight excluding hydrogens is 308 g/mol. The monoisotopic (exact) mass is 334 g/mol. The third-order valence-electron chi connectivity index (χ3n) is 7.01. The molecule has 130 valence electrons. The molecule has 3 nitrogen and oxygen atoms in total. The van der Waals surface area contributed by atoms with E-state index in [1.807, 2.05) is 12.3 Å². The van der Waals surface area contributed by atoms with Gasteiger partial charge in [0.05, 0.1) is 0 Å². The van der Waals surface area contributed by atoms with Gasteiger partial charge in [0.2, 0.25) is 5.71 Å². The Morgan fingerprint density at radius 1 is 1.20 bits per heavy atom. The molecule has 0 saturated carbocycles. The maximum Gasteiger partial charge on any atom is 0.227 e. The number of hydrogen-bond acceptors (Lipinski definition) is 3. The Morgan fingerprint density at radius 3 is 2.80 bits per heavy atom. The highest BCUT2D eigenvalue weighted by atomic mass is 16.3. The van der Waals surface area contributed by atoms with Crippen molar-refractivity contribution in [3.05, 3.63) is 41.6 Å². The third kappa shape index (κ3) is 1.99. The van der Waals surface area contributed by atoms with Crippen molar-refractivity contribution in [2.45, 2.75) is 58.5 Å². The van der Waals surface area contributed by atoms with Crippen molar-refractivity contribution in [2.75, 3.05) is 6.54 Å². The fourth-order valence-corrected chi connectivity index (χ4v) is 5.93. The van der Waals surface area contributed by atoms with Gasteiger partial charge >= 0.3 is 0 Å². The fraction of sp³-hybridized carbons (Fsp3) is 0.500. The van der Waals surface area contributed by atoms with Crippen LogP contribution in [0.5, 0.6) is 0 Å². The molecule has 3 aliphatic heterocycles. The standard InChI is InChI=1S/C22H26N2O/c1-13-7-8-16-17-6-5-10-23-21(17)25-20(16)18(13)19-15(3)24-11-9-22(19,4)12-14(24)2/h5-8,10,14-15,19H,9,11-12H2,1-4H3. The minimum absolute atomic E-state index is 0.346. The molecule has 0 N–H and O–H groups in total. The zero-order chi connectivity index (χ0) is 17.3. The van der Waals surface area contributed by atoms with Crippen LogP contribution in [0.3, 0.4) is 0 Å². The van der Waals surface area contributed by atoms with Gasteiger partial charge in [0.15, 0.2) is 0 Å². The second-order valence-electron chi connectivity index (χ2n) is 8.54. The summed E-state index contributed by atoms with van der Waals surface area (Å²) in [4.78, 5) is 7.16. The first kappa shape index (κ1) is 15.4. The van der Waals surface area contributed by atoms with Crippen LogP contribution >= 0.6 is 0 Å². The van der Waals surface area contributed by atoms with Crippen LogP contribution in [0.2, 0.25) is 0 Å². The number of hydrogen-bond donors (Lipinski definition) is 0. The molecule has 0 amide bonds. The number of nitrogens with zero attached hydrogens (tertiary/aromatic N) is 2. The van der Waals surface area contributed by atoms with E-state index in [1.165, 1.54) is 35.9 Å². The Morgan fingerprint density at radius 2 is 2.04 bits per heavy atom. The summed E-state index contributed by atoms with van der Waals surface area (Å²) >= 11 is 0. The summed E-state index contributed by atoms with van der Waals surface area (Å²) in [5.41, 5.74) is 4.94. The van der Waals surface area contributed by atoms with E-state index in [2.05, 4.69) is 55.8 Å². The minimum Gasteiger partial charge on any atom is -0.437 e. The summed E-state index contributed by atoms with van der Waals surface area (Å²) in [6.07, 6.45) is 4.37. The van der Waals surface area contributed by atoms with E-state index < -0.39 is 0 Å². The predicted molar refractivity (Wildman–Crippen MR) is 102 cm³/mol. The summed E-state index contributed by atoms with van der Waals surface area (Å²) in [6.45, 7) is 10.8. The lowest BCUT2D eigenvalue weighted by atomic mass is 9.58. The molecule has 3 aliphatic rings. The van der Waals surface area contributed by atoms with E-state index in [-0.39, 0.29) is 0 Å². The number of aryl methyl sites for hydroxylation is 1. The molecule has 0 aliphatic carbocycles. The molecule has 0 radical (unpaired) electrons. The van der Waals surface area contributed by atoms with Gasteiger partial charge in [-0.25, -0.2) is 4.98 Å². The van der Waals surface area contributed by atoms with Crippen LogP contribution in [0.15, 0.2) is 34.9 Å². The van der Waals surface area contributed by atoms with E-state index >= 15 is 0 Å². The predicted octanol–water partition coefficient (Wildman–Crippen LogP) is 5.27. The zero-order valence-electron chi connectivity index (χ0n) is 15.5. The van der Waals surface area contributed by atoms with Crippen LogP contribution < -0.4 is 0 Å². The summed E-state index contributed by atoms with van der Waals surface area (Å²) in [5, 5.41) is 2.34. The average Bonchev–Trinajstić information content (AvgIpc) is 2.94. The van der Waals surface area contributed by atoms with Gasteiger partial charge in [-0.3, -0.25) is 4.90 Å².